The van der Waals surface area contributed by atoms with E-state index in [-0.39, 0.29) is 0 Å². The van der Waals surface area contributed by atoms with Crippen molar-refractivity contribution in [3.63, 3.8) is 0 Å². The maximum atomic E-state index is 10.3. The Labute approximate surface area is 97.0 Å². The van der Waals surface area contributed by atoms with Crippen molar-refractivity contribution >= 4 is 5.97 Å². The molecule has 1 saturated carbocycles. The minimum absolute atomic E-state index is 0.306. The molecular weight excluding hydrogens is 204 g/mol. The molecule has 0 bridgehead atoms. The lowest BCUT2D eigenvalue weighted by atomic mass is 10.2. The fourth-order valence-electron chi connectivity index (χ4n) is 2.43. The first-order chi connectivity index (χ1) is 7.75. The maximum Gasteiger partial charge on any atom is 0.303 e. The van der Waals surface area contributed by atoms with Crippen molar-refractivity contribution in [3.05, 3.63) is 0 Å². The number of aliphatic carboxylic acids is 1. The molecule has 0 spiro atoms. The van der Waals surface area contributed by atoms with Crippen molar-refractivity contribution in [2.45, 2.75) is 50.6 Å². The van der Waals surface area contributed by atoms with E-state index in [2.05, 4.69) is 10.2 Å². The molecule has 2 fully saturated rings. The quantitative estimate of drug-likeness (QED) is 0.638. The molecule has 92 valence electrons. The number of likely N-dealkylation sites (tertiary alicyclic amines) is 1. The fraction of sp³-hybridized carbons (Fsp3) is 0.917. The molecule has 2 rings (SSSR count). The summed E-state index contributed by atoms with van der Waals surface area (Å²) in [6.45, 7) is 3.41. The molecule has 2 aliphatic rings. The van der Waals surface area contributed by atoms with Gasteiger partial charge in [-0.25, -0.2) is 0 Å². The molecule has 16 heavy (non-hydrogen) atoms. The Morgan fingerprint density at radius 3 is 2.81 bits per heavy atom. The highest BCUT2D eigenvalue weighted by atomic mass is 16.4. The van der Waals surface area contributed by atoms with Crippen LogP contribution in [0.5, 0.6) is 0 Å². The first kappa shape index (κ1) is 11.9. The molecule has 4 nitrogen and oxygen atoms in total. The standard InChI is InChI=1S/C12H22N2O2/c15-12(16)3-1-2-7-13-10-6-8-14(9-10)11-4-5-11/h10-11,13H,1-9H2,(H,15,16). The van der Waals surface area contributed by atoms with Gasteiger partial charge < -0.3 is 10.4 Å². The topological polar surface area (TPSA) is 52.6 Å². The highest BCUT2D eigenvalue weighted by Crippen LogP contribution is 2.29. The van der Waals surface area contributed by atoms with Crippen LogP contribution in [0.25, 0.3) is 0 Å². The lowest BCUT2D eigenvalue weighted by molar-refractivity contribution is -0.137. The van der Waals surface area contributed by atoms with Crippen LogP contribution in [0.4, 0.5) is 0 Å². The Morgan fingerprint density at radius 2 is 2.12 bits per heavy atom. The van der Waals surface area contributed by atoms with Crippen LogP contribution >= 0.6 is 0 Å². The first-order valence-electron chi connectivity index (χ1n) is 6.45. The lowest BCUT2D eigenvalue weighted by Gasteiger charge is -2.15. The highest BCUT2D eigenvalue weighted by Gasteiger charge is 2.33. The van der Waals surface area contributed by atoms with Crippen LogP contribution in [0.3, 0.4) is 0 Å². The van der Waals surface area contributed by atoms with E-state index >= 15 is 0 Å². The van der Waals surface area contributed by atoms with Gasteiger partial charge in [-0.15, -0.1) is 0 Å². The number of nitrogens with one attached hydrogen (secondary N) is 1. The molecule has 4 heteroatoms. The van der Waals surface area contributed by atoms with E-state index in [0.29, 0.717) is 12.5 Å². The van der Waals surface area contributed by atoms with E-state index in [1.807, 2.05) is 0 Å². The van der Waals surface area contributed by atoms with Crippen molar-refractivity contribution in [1.82, 2.24) is 10.2 Å². The van der Waals surface area contributed by atoms with Gasteiger partial charge in [0.2, 0.25) is 0 Å². The van der Waals surface area contributed by atoms with Crippen LogP contribution in [0, 0.1) is 0 Å². The van der Waals surface area contributed by atoms with Gasteiger partial charge in [0.1, 0.15) is 0 Å². The molecule has 1 unspecified atom stereocenters. The second kappa shape index (κ2) is 5.64. The van der Waals surface area contributed by atoms with Crippen LogP contribution in [0.15, 0.2) is 0 Å². The smallest absolute Gasteiger partial charge is 0.303 e. The zero-order chi connectivity index (χ0) is 11.4. The number of nitrogens with zero attached hydrogens (tertiary/aromatic N) is 1. The second-order valence-corrected chi connectivity index (χ2v) is 5.02. The van der Waals surface area contributed by atoms with E-state index < -0.39 is 5.97 Å². The third-order valence-corrected chi connectivity index (χ3v) is 3.53. The average molecular weight is 226 g/mol. The second-order valence-electron chi connectivity index (χ2n) is 5.02. The zero-order valence-corrected chi connectivity index (χ0v) is 9.82. The maximum absolute atomic E-state index is 10.3. The monoisotopic (exact) mass is 226 g/mol. The van der Waals surface area contributed by atoms with Gasteiger partial charge in [-0.2, -0.15) is 0 Å². The van der Waals surface area contributed by atoms with Gasteiger partial charge in [-0.3, -0.25) is 9.69 Å². The summed E-state index contributed by atoms with van der Waals surface area (Å²) in [6.07, 6.45) is 6.13. The number of unbranched alkanes of at least 4 members (excludes halogenated alkanes) is 1. The third kappa shape index (κ3) is 3.76. The average Bonchev–Trinajstić information content (AvgIpc) is 2.99. The molecular formula is C12H22N2O2. The summed E-state index contributed by atoms with van der Waals surface area (Å²) in [5.74, 6) is -0.680. The third-order valence-electron chi connectivity index (χ3n) is 3.53. The molecule has 0 aromatic heterocycles. The number of hydrogen-bond acceptors (Lipinski definition) is 3. The molecule has 2 N–H and O–H groups in total. The summed E-state index contributed by atoms with van der Waals surface area (Å²) in [6, 6.07) is 1.53. The number of hydrogen-bond donors (Lipinski definition) is 2. The van der Waals surface area contributed by atoms with Crippen LogP contribution < -0.4 is 5.32 Å². The van der Waals surface area contributed by atoms with E-state index in [9.17, 15) is 4.79 Å². The predicted molar refractivity (Wildman–Crippen MR) is 62.5 cm³/mol. The van der Waals surface area contributed by atoms with Gasteiger partial charge in [0.15, 0.2) is 0 Å². The van der Waals surface area contributed by atoms with Gasteiger partial charge in [0.05, 0.1) is 0 Å². The zero-order valence-electron chi connectivity index (χ0n) is 9.82. The van der Waals surface area contributed by atoms with Gasteiger partial charge >= 0.3 is 5.97 Å². The van der Waals surface area contributed by atoms with Crippen molar-refractivity contribution < 1.29 is 9.90 Å². The summed E-state index contributed by atoms with van der Waals surface area (Å²) in [7, 11) is 0. The summed E-state index contributed by atoms with van der Waals surface area (Å²) < 4.78 is 0. The van der Waals surface area contributed by atoms with Gasteiger partial charge in [-0.1, -0.05) is 0 Å². The van der Waals surface area contributed by atoms with Crippen LogP contribution in [0.2, 0.25) is 0 Å². The number of rotatable bonds is 7. The Kier molecular flexibility index (Phi) is 4.18. The van der Waals surface area contributed by atoms with Crippen molar-refractivity contribution in [1.29, 1.82) is 0 Å². The largest absolute Gasteiger partial charge is 0.481 e. The number of carboxylic acids is 1. The van der Waals surface area contributed by atoms with Crippen LogP contribution in [-0.4, -0.2) is 47.7 Å². The molecule has 0 aromatic rings. The van der Waals surface area contributed by atoms with E-state index in [1.165, 1.54) is 32.4 Å². The van der Waals surface area contributed by atoms with Crippen LogP contribution in [0.1, 0.15) is 38.5 Å². The number of carboxylic acid groups (broad SMARTS) is 1. The minimum Gasteiger partial charge on any atom is -0.481 e. The van der Waals surface area contributed by atoms with Crippen molar-refractivity contribution in [2.75, 3.05) is 19.6 Å². The first-order valence-corrected chi connectivity index (χ1v) is 6.45. The summed E-state index contributed by atoms with van der Waals surface area (Å²) in [5.41, 5.74) is 0. The molecule has 1 atom stereocenters. The van der Waals surface area contributed by atoms with Crippen molar-refractivity contribution in [2.24, 2.45) is 0 Å². The van der Waals surface area contributed by atoms with Crippen LogP contribution in [-0.2, 0) is 4.79 Å². The highest BCUT2D eigenvalue weighted by molar-refractivity contribution is 5.66. The molecule has 1 aliphatic carbocycles. The predicted octanol–water partition coefficient (Wildman–Crippen LogP) is 1.07. The fourth-order valence-corrected chi connectivity index (χ4v) is 2.43. The summed E-state index contributed by atoms with van der Waals surface area (Å²) in [5, 5.41) is 12.0. The summed E-state index contributed by atoms with van der Waals surface area (Å²) in [4.78, 5) is 12.9. The Hall–Kier alpha value is -0.610. The molecule has 1 heterocycles. The molecule has 1 aliphatic heterocycles. The SMILES string of the molecule is O=C(O)CCCCNC1CCN(C2CC2)C1. The molecule has 1 saturated heterocycles. The van der Waals surface area contributed by atoms with Gasteiger partial charge in [0, 0.05) is 31.6 Å². The minimum atomic E-state index is -0.680. The lowest BCUT2D eigenvalue weighted by Crippen LogP contribution is -2.33. The Morgan fingerprint density at radius 1 is 1.31 bits per heavy atom. The Bertz CT molecular complexity index is 241. The van der Waals surface area contributed by atoms with E-state index in [0.717, 1.165) is 25.4 Å². The van der Waals surface area contributed by atoms with E-state index in [4.69, 9.17) is 5.11 Å². The van der Waals surface area contributed by atoms with Gasteiger partial charge in [0.25, 0.3) is 0 Å². The van der Waals surface area contributed by atoms with E-state index in [1.54, 1.807) is 0 Å². The molecule has 0 amide bonds. The molecule has 0 radical (unpaired) electrons. The summed E-state index contributed by atoms with van der Waals surface area (Å²) >= 11 is 0. The van der Waals surface area contributed by atoms with Gasteiger partial charge in [-0.05, 0) is 38.6 Å². The number of carbonyl (C=O) groups is 1. The normalized spacial score (nSPS) is 26.1. The Balaban J connectivity index is 1.49. The van der Waals surface area contributed by atoms with Crippen molar-refractivity contribution in [3.8, 4) is 0 Å². The molecule has 0 aromatic carbocycles.